The summed E-state index contributed by atoms with van der Waals surface area (Å²) >= 11 is 0. The van der Waals surface area contributed by atoms with Crippen LogP contribution in [0.3, 0.4) is 0 Å². The van der Waals surface area contributed by atoms with Crippen LogP contribution in [0.15, 0.2) is 24.5 Å². The van der Waals surface area contributed by atoms with Crippen molar-refractivity contribution in [2.45, 2.75) is 6.04 Å². The number of hydrogen-bond acceptors (Lipinski definition) is 6. The lowest BCUT2D eigenvalue weighted by atomic mass is 10.1. The number of nitrogens with zero attached hydrogens (tertiary/aromatic N) is 2. The molecule has 0 aliphatic rings. The fraction of sp³-hybridized carbons (Fsp3) is 0.357. The molecule has 0 fully saturated rings. The van der Waals surface area contributed by atoms with Crippen LogP contribution in [0.2, 0.25) is 0 Å². The largest absolute Gasteiger partial charge is 0.493 e. The lowest BCUT2D eigenvalue weighted by molar-refractivity contribution is 0.323. The van der Waals surface area contributed by atoms with Crippen molar-refractivity contribution in [2.75, 3.05) is 21.3 Å². The van der Waals surface area contributed by atoms with Crippen LogP contribution >= 0.6 is 0 Å². The maximum Gasteiger partial charge on any atom is 0.203 e. The first-order valence-electron chi connectivity index (χ1n) is 6.39. The summed E-state index contributed by atoms with van der Waals surface area (Å²) in [6.07, 6.45) is 3.58. The summed E-state index contributed by atoms with van der Waals surface area (Å²) in [6.45, 7) is 0. The van der Waals surface area contributed by atoms with Crippen molar-refractivity contribution in [3.63, 3.8) is 0 Å². The van der Waals surface area contributed by atoms with E-state index < -0.39 is 0 Å². The van der Waals surface area contributed by atoms with Crippen molar-refractivity contribution < 1.29 is 14.2 Å². The Morgan fingerprint density at radius 3 is 2.14 bits per heavy atom. The van der Waals surface area contributed by atoms with Crippen molar-refractivity contribution in [2.24, 2.45) is 12.9 Å². The lowest BCUT2D eigenvalue weighted by Gasteiger charge is -2.19. The van der Waals surface area contributed by atoms with Gasteiger partial charge in [-0.05, 0) is 17.7 Å². The van der Waals surface area contributed by atoms with E-state index in [-0.39, 0.29) is 6.04 Å². The first-order valence-corrected chi connectivity index (χ1v) is 6.39. The number of benzene rings is 1. The number of methoxy groups -OCH3 is 3. The Bertz CT molecular complexity index is 587. The molecular weight excluding hydrogens is 272 g/mol. The molecule has 7 nitrogen and oxygen atoms in total. The second-order valence-electron chi connectivity index (χ2n) is 4.45. The molecule has 3 N–H and O–H groups in total. The van der Waals surface area contributed by atoms with Gasteiger partial charge in [0, 0.05) is 19.4 Å². The summed E-state index contributed by atoms with van der Waals surface area (Å²) < 4.78 is 17.9. The molecule has 1 aromatic carbocycles. The minimum atomic E-state index is -0.293. The van der Waals surface area contributed by atoms with Crippen molar-refractivity contribution in [3.05, 3.63) is 35.9 Å². The standard InChI is InChI=1S/C14H20N4O3/c1-18-6-5-16-14(18)12(17-15)9-7-10(19-2)13(21-4)11(8-9)20-3/h5-8,12,17H,15H2,1-4H3. The second kappa shape index (κ2) is 6.47. The Balaban J connectivity index is 2.54. The molecule has 0 bridgehead atoms. The Labute approximate surface area is 123 Å². The molecule has 0 radical (unpaired) electrons. The van der Waals surface area contributed by atoms with Gasteiger partial charge < -0.3 is 18.8 Å². The van der Waals surface area contributed by atoms with Crippen LogP contribution in [-0.2, 0) is 7.05 Å². The summed E-state index contributed by atoms with van der Waals surface area (Å²) in [4.78, 5) is 4.32. The number of aryl methyl sites for hydroxylation is 1. The van der Waals surface area contributed by atoms with Crippen molar-refractivity contribution in [1.29, 1.82) is 0 Å². The molecule has 114 valence electrons. The number of hydrogen-bond donors (Lipinski definition) is 2. The number of nitrogens with two attached hydrogens (primary N) is 1. The zero-order valence-corrected chi connectivity index (χ0v) is 12.6. The molecular formula is C14H20N4O3. The minimum absolute atomic E-state index is 0.293. The van der Waals surface area contributed by atoms with Crippen LogP contribution in [-0.4, -0.2) is 30.9 Å². The smallest absolute Gasteiger partial charge is 0.203 e. The summed E-state index contributed by atoms with van der Waals surface area (Å²) in [6, 6.07) is 3.40. The van der Waals surface area contributed by atoms with E-state index in [9.17, 15) is 0 Å². The SMILES string of the molecule is COc1cc(C(NN)c2nccn2C)cc(OC)c1OC. The van der Waals surface area contributed by atoms with E-state index >= 15 is 0 Å². The molecule has 0 spiro atoms. The van der Waals surface area contributed by atoms with Gasteiger partial charge >= 0.3 is 0 Å². The summed E-state index contributed by atoms with van der Waals surface area (Å²) in [5.41, 5.74) is 3.63. The summed E-state index contributed by atoms with van der Waals surface area (Å²) in [5.74, 6) is 8.17. The molecule has 0 saturated heterocycles. The number of rotatable bonds is 6. The number of imidazole rings is 1. The second-order valence-corrected chi connectivity index (χ2v) is 4.45. The molecule has 1 atom stereocenters. The third kappa shape index (κ3) is 2.79. The Morgan fingerprint density at radius 2 is 1.76 bits per heavy atom. The quantitative estimate of drug-likeness (QED) is 0.610. The van der Waals surface area contributed by atoms with Gasteiger partial charge in [-0.15, -0.1) is 0 Å². The minimum Gasteiger partial charge on any atom is -0.493 e. The van der Waals surface area contributed by atoms with Gasteiger partial charge in [-0.1, -0.05) is 0 Å². The molecule has 1 heterocycles. The van der Waals surface area contributed by atoms with Gasteiger partial charge in [-0.3, -0.25) is 5.84 Å². The zero-order valence-electron chi connectivity index (χ0n) is 12.6. The van der Waals surface area contributed by atoms with Gasteiger partial charge in [0.15, 0.2) is 11.5 Å². The Hall–Kier alpha value is -2.25. The third-order valence-electron chi connectivity index (χ3n) is 3.30. The maximum atomic E-state index is 5.70. The first kappa shape index (κ1) is 15.1. The van der Waals surface area contributed by atoms with Gasteiger partial charge in [0.1, 0.15) is 11.9 Å². The van der Waals surface area contributed by atoms with Crippen LogP contribution in [0.4, 0.5) is 0 Å². The van der Waals surface area contributed by atoms with E-state index in [1.54, 1.807) is 27.5 Å². The van der Waals surface area contributed by atoms with E-state index in [4.69, 9.17) is 20.1 Å². The number of hydrazine groups is 1. The normalized spacial score (nSPS) is 12.0. The molecule has 1 aromatic heterocycles. The molecule has 0 amide bonds. The summed E-state index contributed by atoms with van der Waals surface area (Å²) in [7, 11) is 6.63. The van der Waals surface area contributed by atoms with E-state index in [0.29, 0.717) is 17.2 Å². The predicted molar refractivity (Wildman–Crippen MR) is 78.5 cm³/mol. The maximum absolute atomic E-state index is 5.70. The van der Waals surface area contributed by atoms with Crippen molar-refractivity contribution in [1.82, 2.24) is 15.0 Å². The highest BCUT2D eigenvalue weighted by Crippen LogP contribution is 2.40. The lowest BCUT2D eigenvalue weighted by Crippen LogP contribution is -2.30. The van der Waals surface area contributed by atoms with Gasteiger partial charge in [-0.25, -0.2) is 10.4 Å². The van der Waals surface area contributed by atoms with E-state index in [0.717, 1.165) is 11.4 Å². The highest BCUT2D eigenvalue weighted by Gasteiger charge is 2.21. The molecule has 2 rings (SSSR count). The van der Waals surface area contributed by atoms with Crippen LogP contribution in [0.25, 0.3) is 0 Å². The Kier molecular flexibility index (Phi) is 4.66. The monoisotopic (exact) mass is 292 g/mol. The van der Waals surface area contributed by atoms with Crippen LogP contribution in [0, 0.1) is 0 Å². The predicted octanol–water partition coefficient (Wildman–Crippen LogP) is 0.999. The van der Waals surface area contributed by atoms with Crippen molar-refractivity contribution >= 4 is 0 Å². The molecule has 0 aliphatic carbocycles. The highest BCUT2D eigenvalue weighted by molar-refractivity contribution is 5.55. The molecule has 0 aliphatic heterocycles. The van der Waals surface area contributed by atoms with Gasteiger partial charge in [-0.2, -0.15) is 0 Å². The first-order chi connectivity index (χ1) is 10.2. The van der Waals surface area contributed by atoms with E-state index in [2.05, 4.69) is 10.4 Å². The number of aromatic nitrogens is 2. The van der Waals surface area contributed by atoms with Crippen molar-refractivity contribution in [3.8, 4) is 17.2 Å². The Morgan fingerprint density at radius 1 is 1.14 bits per heavy atom. The fourth-order valence-electron chi connectivity index (χ4n) is 2.24. The topological polar surface area (TPSA) is 83.6 Å². The fourth-order valence-corrected chi connectivity index (χ4v) is 2.24. The van der Waals surface area contributed by atoms with Gasteiger partial charge in [0.25, 0.3) is 0 Å². The average Bonchev–Trinajstić information content (AvgIpc) is 2.93. The van der Waals surface area contributed by atoms with Crippen LogP contribution in [0.5, 0.6) is 17.2 Å². The molecule has 0 saturated carbocycles. The number of nitrogens with one attached hydrogen (secondary N) is 1. The molecule has 1 unspecified atom stereocenters. The van der Waals surface area contributed by atoms with Gasteiger partial charge in [0.05, 0.1) is 21.3 Å². The number of ether oxygens (including phenoxy) is 3. The molecule has 2 aromatic rings. The van der Waals surface area contributed by atoms with Crippen LogP contribution < -0.4 is 25.5 Å². The van der Waals surface area contributed by atoms with Gasteiger partial charge in [0.2, 0.25) is 5.75 Å². The zero-order chi connectivity index (χ0) is 15.4. The molecule has 7 heteroatoms. The van der Waals surface area contributed by atoms with E-state index in [1.165, 1.54) is 0 Å². The summed E-state index contributed by atoms with van der Waals surface area (Å²) in [5, 5.41) is 0. The average molecular weight is 292 g/mol. The van der Waals surface area contributed by atoms with E-state index in [1.807, 2.05) is 29.9 Å². The highest BCUT2D eigenvalue weighted by atomic mass is 16.5. The van der Waals surface area contributed by atoms with Crippen LogP contribution in [0.1, 0.15) is 17.4 Å². The molecule has 21 heavy (non-hydrogen) atoms. The third-order valence-corrected chi connectivity index (χ3v) is 3.30.